The number of fused-ring (bicyclic) bond motifs is 1. The molecule has 0 atom stereocenters. The normalized spacial score (nSPS) is 10.6. The van der Waals surface area contributed by atoms with Crippen LogP contribution in [0.25, 0.3) is 11.0 Å². The van der Waals surface area contributed by atoms with Crippen molar-refractivity contribution in [1.29, 1.82) is 0 Å². The number of hydrogen-bond donors (Lipinski definition) is 2. The maximum absolute atomic E-state index is 12.3. The second-order valence-corrected chi connectivity index (χ2v) is 4.97. The van der Waals surface area contributed by atoms with Gasteiger partial charge >= 0.3 is 0 Å². The third-order valence-electron chi connectivity index (χ3n) is 3.29. The van der Waals surface area contributed by atoms with Crippen LogP contribution in [-0.2, 0) is 0 Å². The van der Waals surface area contributed by atoms with Crippen molar-refractivity contribution >= 4 is 22.6 Å². The second-order valence-electron chi connectivity index (χ2n) is 4.97. The zero-order valence-electron chi connectivity index (χ0n) is 12.5. The molecule has 0 bridgehead atoms. The summed E-state index contributed by atoms with van der Waals surface area (Å²) in [6.07, 6.45) is 0. The van der Waals surface area contributed by atoms with Crippen LogP contribution in [0.5, 0.6) is 5.75 Å². The van der Waals surface area contributed by atoms with Crippen LogP contribution in [0.2, 0.25) is 0 Å². The van der Waals surface area contributed by atoms with Gasteiger partial charge in [0, 0.05) is 11.3 Å². The monoisotopic (exact) mass is 295 g/mol. The third-order valence-corrected chi connectivity index (χ3v) is 3.29. The summed E-state index contributed by atoms with van der Waals surface area (Å²) in [5, 5.41) is 2.87. The molecule has 0 radical (unpaired) electrons. The highest BCUT2D eigenvalue weighted by Crippen LogP contribution is 2.18. The molecule has 2 aromatic carbocycles. The largest absolute Gasteiger partial charge is 0.494 e. The number of ether oxygens (including phenoxy) is 1. The van der Waals surface area contributed by atoms with Crippen LogP contribution in [0.1, 0.15) is 23.1 Å². The molecule has 5 nitrogen and oxygen atoms in total. The Balaban J connectivity index is 1.77. The number of nitrogens with one attached hydrogen (secondary N) is 2. The number of amides is 1. The summed E-state index contributed by atoms with van der Waals surface area (Å²) in [5.74, 6) is 1.47. The van der Waals surface area contributed by atoms with Crippen LogP contribution < -0.4 is 10.1 Å². The molecule has 3 rings (SSSR count). The summed E-state index contributed by atoms with van der Waals surface area (Å²) in [6.45, 7) is 4.44. The quantitative estimate of drug-likeness (QED) is 0.774. The third kappa shape index (κ3) is 2.93. The van der Waals surface area contributed by atoms with Crippen molar-refractivity contribution in [3.63, 3.8) is 0 Å². The van der Waals surface area contributed by atoms with Gasteiger partial charge in [-0.05, 0) is 56.3 Å². The zero-order valence-corrected chi connectivity index (χ0v) is 12.5. The van der Waals surface area contributed by atoms with Crippen molar-refractivity contribution < 1.29 is 9.53 Å². The van der Waals surface area contributed by atoms with Gasteiger partial charge in [0.05, 0.1) is 17.6 Å². The SMILES string of the molecule is CCOc1ccc(NC(=O)c2ccc3nc(C)[nH]c3c2)cc1. The molecule has 5 heteroatoms. The van der Waals surface area contributed by atoms with Crippen LogP contribution in [0.4, 0.5) is 5.69 Å². The number of aromatic nitrogens is 2. The molecular formula is C17H17N3O2. The Morgan fingerprint density at radius 1 is 1.23 bits per heavy atom. The standard InChI is InChI=1S/C17H17N3O2/c1-3-22-14-7-5-13(6-8-14)20-17(21)12-4-9-15-16(10-12)19-11(2)18-15/h4-10H,3H2,1-2H3,(H,18,19)(H,20,21). The van der Waals surface area contributed by atoms with E-state index in [4.69, 9.17) is 4.74 Å². The molecule has 3 aromatic rings. The highest BCUT2D eigenvalue weighted by molar-refractivity contribution is 6.05. The minimum absolute atomic E-state index is 0.154. The number of rotatable bonds is 4. The van der Waals surface area contributed by atoms with Crippen molar-refractivity contribution in [2.45, 2.75) is 13.8 Å². The number of anilines is 1. The summed E-state index contributed by atoms with van der Waals surface area (Å²) in [5.41, 5.74) is 3.03. The van der Waals surface area contributed by atoms with Gasteiger partial charge < -0.3 is 15.0 Å². The Morgan fingerprint density at radius 2 is 2.00 bits per heavy atom. The Morgan fingerprint density at radius 3 is 2.73 bits per heavy atom. The van der Waals surface area contributed by atoms with Gasteiger partial charge in [-0.25, -0.2) is 4.98 Å². The van der Waals surface area contributed by atoms with E-state index in [-0.39, 0.29) is 5.91 Å². The van der Waals surface area contributed by atoms with Crippen molar-refractivity contribution in [2.24, 2.45) is 0 Å². The van der Waals surface area contributed by atoms with Gasteiger partial charge in [0.2, 0.25) is 0 Å². The molecule has 0 saturated carbocycles. The van der Waals surface area contributed by atoms with Crippen LogP contribution in [0, 0.1) is 6.92 Å². The number of carbonyl (C=O) groups excluding carboxylic acids is 1. The molecule has 0 unspecified atom stereocenters. The Hall–Kier alpha value is -2.82. The fourth-order valence-corrected chi connectivity index (χ4v) is 2.28. The number of benzene rings is 2. The lowest BCUT2D eigenvalue weighted by Gasteiger charge is -2.07. The molecule has 0 aliphatic carbocycles. The number of nitrogens with zero attached hydrogens (tertiary/aromatic N) is 1. The maximum Gasteiger partial charge on any atom is 0.255 e. The van der Waals surface area contributed by atoms with Gasteiger partial charge in [-0.3, -0.25) is 4.79 Å². The molecule has 0 fully saturated rings. The van der Waals surface area contributed by atoms with Gasteiger partial charge in [0.25, 0.3) is 5.91 Å². The van der Waals surface area contributed by atoms with Gasteiger partial charge in [0.1, 0.15) is 11.6 Å². The Kier molecular flexibility index (Phi) is 3.78. The predicted octanol–water partition coefficient (Wildman–Crippen LogP) is 3.52. The maximum atomic E-state index is 12.3. The highest BCUT2D eigenvalue weighted by atomic mass is 16.5. The predicted molar refractivity (Wildman–Crippen MR) is 86.4 cm³/mol. The number of aromatic amines is 1. The van der Waals surface area contributed by atoms with Gasteiger partial charge in [0.15, 0.2) is 0 Å². The van der Waals surface area contributed by atoms with Gasteiger partial charge in [-0.2, -0.15) is 0 Å². The molecule has 0 aliphatic rings. The first-order valence-corrected chi connectivity index (χ1v) is 7.16. The second kappa shape index (κ2) is 5.89. The van der Waals surface area contributed by atoms with Crippen LogP contribution >= 0.6 is 0 Å². The van der Waals surface area contributed by atoms with Gasteiger partial charge in [-0.15, -0.1) is 0 Å². The summed E-state index contributed by atoms with van der Waals surface area (Å²) in [6, 6.07) is 12.7. The van der Waals surface area contributed by atoms with E-state index in [0.29, 0.717) is 12.2 Å². The van der Waals surface area contributed by atoms with E-state index in [2.05, 4.69) is 15.3 Å². The molecule has 112 valence electrons. The lowest BCUT2D eigenvalue weighted by molar-refractivity contribution is 0.102. The Labute approximate surface area is 128 Å². The fraction of sp³-hybridized carbons (Fsp3) is 0.176. The molecule has 1 heterocycles. The van der Waals surface area contributed by atoms with Gasteiger partial charge in [-0.1, -0.05) is 0 Å². The minimum Gasteiger partial charge on any atom is -0.494 e. The summed E-state index contributed by atoms with van der Waals surface area (Å²) in [4.78, 5) is 19.8. The molecule has 1 amide bonds. The van der Waals surface area contributed by atoms with E-state index in [1.54, 1.807) is 12.1 Å². The number of carbonyl (C=O) groups is 1. The summed E-state index contributed by atoms with van der Waals surface area (Å²) in [7, 11) is 0. The van der Waals surface area contributed by atoms with E-state index in [1.165, 1.54) is 0 Å². The zero-order chi connectivity index (χ0) is 15.5. The van der Waals surface area contributed by atoms with E-state index in [1.807, 2.05) is 44.2 Å². The number of aryl methyl sites for hydroxylation is 1. The van der Waals surface area contributed by atoms with E-state index in [9.17, 15) is 4.79 Å². The van der Waals surface area contributed by atoms with E-state index < -0.39 is 0 Å². The van der Waals surface area contributed by atoms with Crippen LogP contribution in [0.3, 0.4) is 0 Å². The number of H-pyrrole nitrogens is 1. The topological polar surface area (TPSA) is 67.0 Å². The smallest absolute Gasteiger partial charge is 0.255 e. The number of hydrogen-bond acceptors (Lipinski definition) is 3. The molecule has 1 aromatic heterocycles. The lowest BCUT2D eigenvalue weighted by Crippen LogP contribution is -2.11. The van der Waals surface area contributed by atoms with Crippen LogP contribution in [0.15, 0.2) is 42.5 Å². The molecule has 2 N–H and O–H groups in total. The first kappa shape index (κ1) is 14.1. The van der Waals surface area contributed by atoms with Crippen molar-refractivity contribution in [3.05, 3.63) is 53.9 Å². The first-order valence-electron chi connectivity index (χ1n) is 7.16. The van der Waals surface area contributed by atoms with Crippen molar-refractivity contribution in [1.82, 2.24) is 9.97 Å². The summed E-state index contributed by atoms with van der Waals surface area (Å²) < 4.78 is 5.38. The Bertz CT molecular complexity index is 806. The van der Waals surface area contributed by atoms with E-state index in [0.717, 1.165) is 28.3 Å². The molecule has 0 spiro atoms. The average Bonchev–Trinajstić information content (AvgIpc) is 2.88. The van der Waals surface area contributed by atoms with Crippen molar-refractivity contribution in [3.8, 4) is 5.75 Å². The lowest BCUT2D eigenvalue weighted by atomic mass is 10.2. The highest BCUT2D eigenvalue weighted by Gasteiger charge is 2.08. The molecule has 0 saturated heterocycles. The molecular weight excluding hydrogens is 278 g/mol. The fourth-order valence-electron chi connectivity index (χ4n) is 2.28. The average molecular weight is 295 g/mol. The van der Waals surface area contributed by atoms with E-state index >= 15 is 0 Å². The first-order chi connectivity index (χ1) is 10.7. The minimum atomic E-state index is -0.154. The molecule has 22 heavy (non-hydrogen) atoms. The van der Waals surface area contributed by atoms with Crippen LogP contribution in [-0.4, -0.2) is 22.5 Å². The molecule has 0 aliphatic heterocycles. The summed E-state index contributed by atoms with van der Waals surface area (Å²) >= 11 is 0. The number of imidazole rings is 1. The van der Waals surface area contributed by atoms with Crippen molar-refractivity contribution in [2.75, 3.05) is 11.9 Å².